The Morgan fingerprint density at radius 2 is 1.63 bits per heavy atom. The van der Waals surface area contributed by atoms with Gasteiger partial charge >= 0.3 is 17.9 Å². The van der Waals surface area contributed by atoms with Gasteiger partial charge in [-0.05, 0) is 5.41 Å². The van der Waals surface area contributed by atoms with Gasteiger partial charge in [0.1, 0.15) is 18.3 Å². The fourth-order valence-corrected chi connectivity index (χ4v) is 8.34. The molecule has 2 aliphatic carbocycles. The molecule has 6 rings (SSSR count). The molecule has 4 heterocycles. The Balaban J connectivity index is 1.74. The molecule has 164 valence electrons. The third kappa shape index (κ3) is 1.40. The van der Waals surface area contributed by atoms with E-state index >= 15 is 0 Å². The molecule has 6 aliphatic rings. The molecule has 10 nitrogen and oxygen atoms in total. The van der Waals surface area contributed by atoms with Crippen molar-refractivity contribution in [2.75, 3.05) is 0 Å². The zero-order valence-corrected chi connectivity index (χ0v) is 16.9. The van der Waals surface area contributed by atoms with E-state index in [1.54, 1.807) is 6.92 Å². The maximum Gasteiger partial charge on any atom is 0.342 e. The number of hydrogen-bond acceptors (Lipinski definition) is 10. The monoisotopic (exact) mass is 424 g/mol. The molecule has 4 saturated heterocycles. The summed E-state index contributed by atoms with van der Waals surface area (Å²) in [5.74, 6) is -4.80. The lowest BCUT2D eigenvalue weighted by atomic mass is 9.49. The summed E-state index contributed by atoms with van der Waals surface area (Å²) in [4.78, 5) is 38.3. The van der Waals surface area contributed by atoms with Crippen LogP contribution in [0.4, 0.5) is 0 Å². The minimum atomic E-state index is -2.02. The Kier molecular flexibility index (Phi) is 3.06. The van der Waals surface area contributed by atoms with Crippen LogP contribution in [0.5, 0.6) is 0 Å². The van der Waals surface area contributed by atoms with Crippen LogP contribution in [-0.4, -0.2) is 75.6 Å². The molecule has 2 saturated carbocycles. The molecular weight excluding hydrogens is 400 g/mol. The van der Waals surface area contributed by atoms with Crippen LogP contribution < -0.4 is 0 Å². The van der Waals surface area contributed by atoms with E-state index in [2.05, 4.69) is 0 Å². The predicted octanol–water partition coefficient (Wildman–Crippen LogP) is -1.51. The van der Waals surface area contributed by atoms with E-state index in [4.69, 9.17) is 18.9 Å². The molecule has 3 N–H and O–H groups in total. The highest BCUT2D eigenvalue weighted by Crippen LogP contribution is 2.84. The molecule has 6 fully saturated rings. The second-order valence-electron chi connectivity index (χ2n) is 10.6. The minimum absolute atomic E-state index is 0.563. The molecule has 4 aliphatic heterocycles. The van der Waals surface area contributed by atoms with Gasteiger partial charge < -0.3 is 34.3 Å². The topological polar surface area (TPSA) is 149 Å². The first-order valence-corrected chi connectivity index (χ1v) is 10.2. The molecule has 0 amide bonds. The number of fused-ring (bicyclic) bond motifs is 1. The zero-order valence-electron chi connectivity index (χ0n) is 16.9. The lowest BCUT2D eigenvalue weighted by Gasteiger charge is -2.48. The second-order valence-corrected chi connectivity index (χ2v) is 10.6. The number of carbonyl (C=O) groups excluding carboxylic acids is 3. The number of carbonyl (C=O) groups is 3. The first kappa shape index (κ1) is 19.0. The summed E-state index contributed by atoms with van der Waals surface area (Å²) in [6, 6.07) is 0. The summed E-state index contributed by atoms with van der Waals surface area (Å²) in [5.41, 5.74) is -5.90. The van der Waals surface area contributed by atoms with E-state index in [1.165, 1.54) is 0 Å². The van der Waals surface area contributed by atoms with Gasteiger partial charge in [-0.1, -0.05) is 27.7 Å². The molecule has 2 spiro atoms. The first-order valence-electron chi connectivity index (χ1n) is 10.2. The second kappa shape index (κ2) is 4.85. The van der Waals surface area contributed by atoms with Crippen LogP contribution in [0.15, 0.2) is 0 Å². The molecular formula is C20H24O10. The van der Waals surface area contributed by atoms with Crippen LogP contribution in [0, 0.1) is 34.0 Å². The molecule has 10 heteroatoms. The summed E-state index contributed by atoms with van der Waals surface area (Å²) < 4.78 is 22.5. The smallest absolute Gasteiger partial charge is 0.342 e. The van der Waals surface area contributed by atoms with Gasteiger partial charge in [-0.15, -0.1) is 0 Å². The van der Waals surface area contributed by atoms with Gasteiger partial charge in [0.2, 0.25) is 11.9 Å². The van der Waals surface area contributed by atoms with Crippen molar-refractivity contribution in [1.82, 2.24) is 0 Å². The third-order valence-corrected chi connectivity index (χ3v) is 8.77. The molecule has 0 bridgehead atoms. The molecule has 0 radical (unpaired) electrons. The van der Waals surface area contributed by atoms with Crippen molar-refractivity contribution in [3.8, 4) is 0 Å². The van der Waals surface area contributed by atoms with Crippen molar-refractivity contribution in [3.05, 3.63) is 0 Å². The fraction of sp³-hybridized carbons (Fsp3) is 0.850. The molecule has 2 unspecified atom stereocenters. The lowest BCUT2D eigenvalue weighted by Crippen LogP contribution is -2.62. The Bertz CT molecular complexity index is 910. The highest BCUT2D eigenvalue weighted by atomic mass is 16.8. The van der Waals surface area contributed by atoms with E-state index in [9.17, 15) is 29.7 Å². The van der Waals surface area contributed by atoms with Crippen molar-refractivity contribution in [2.45, 2.75) is 70.1 Å². The van der Waals surface area contributed by atoms with Gasteiger partial charge in [0, 0.05) is 11.8 Å². The highest BCUT2D eigenvalue weighted by Gasteiger charge is 3.01. The van der Waals surface area contributed by atoms with Gasteiger partial charge in [-0.3, -0.25) is 4.79 Å². The van der Waals surface area contributed by atoms with Crippen LogP contribution in [0.2, 0.25) is 0 Å². The van der Waals surface area contributed by atoms with Crippen molar-refractivity contribution >= 4 is 17.9 Å². The number of rotatable bonds is 0. The number of aliphatic hydroxyl groups is 3. The number of ether oxygens (including phenoxy) is 4. The lowest BCUT2D eigenvalue weighted by molar-refractivity contribution is -0.217. The van der Waals surface area contributed by atoms with E-state index in [0.29, 0.717) is 0 Å². The van der Waals surface area contributed by atoms with Crippen LogP contribution in [-0.2, 0) is 33.3 Å². The molecule has 0 aromatic rings. The Morgan fingerprint density at radius 3 is 2.27 bits per heavy atom. The molecule has 0 aromatic heterocycles. The van der Waals surface area contributed by atoms with Crippen LogP contribution in [0.3, 0.4) is 0 Å². The highest BCUT2D eigenvalue weighted by molar-refractivity contribution is 5.91. The Hall–Kier alpha value is -1.75. The average molecular weight is 424 g/mol. The van der Waals surface area contributed by atoms with Crippen molar-refractivity contribution in [1.29, 1.82) is 0 Å². The predicted molar refractivity (Wildman–Crippen MR) is 91.9 cm³/mol. The maximum atomic E-state index is 13.2. The first-order chi connectivity index (χ1) is 13.9. The van der Waals surface area contributed by atoms with Crippen LogP contribution >= 0.6 is 0 Å². The third-order valence-electron chi connectivity index (χ3n) is 8.77. The maximum absolute atomic E-state index is 13.2. The van der Waals surface area contributed by atoms with E-state index in [0.717, 1.165) is 0 Å². The van der Waals surface area contributed by atoms with Crippen LogP contribution in [0.1, 0.15) is 27.7 Å². The van der Waals surface area contributed by atoms with Gasteiger partial charge in [-0.25, -0.2) is 9.59 Å². The SMILES string of the molecule is C[C@@H]1C(=O)O[C@@H]2C1[C@]13C4OC(=O)[C@]1(O[C@@H]1OC(=O)[C@H](O)[C@@]13[C@H](C(C)(C)C)[C@@H]4O)[C@H]2O. The van der Waals surface area contributed by atoms with Crippen LogP contribution in [0.25, 0.3) is 0 Å². The van der Waals surface area contributed by atoms with Gasteiger partial charge in [0.25, 0.3) is 0 Å². The standard InChI is InChI=1S/C20H24O10/c1-5-6-8(27-13(5)24)10(22)20-15(26)28-12-7(21)9(17(2,3)4)18(19(6,12)20)11(23)14(25)29-16(18)30-20/h5-12,16,21-23H,1-4H3/t5-,6?,7-,8+,9-,10-,11-,12?,16-,18-,19+,20+/m0/s1. The number of aliphatic hydroxyl groups excluding tert-OH is 3. The minimum Gasteiger partial charge on any atom is -0.459 e. The quantitative estimate of drug-likeness (QED) is 0.309. The summed E-state index contributed by atoms with van der Waals surface area (Å²) in [6.45, 7) is 7.12. The van der Waals surface area contributed by atoms with Gasteiger partial charge in [0.05, 0.1) is 22.9 Å². The number of hydrogen-bond donors (Lipinski definition) is 3. The largest absolute Gasteiger partial charge is 0.459 e. The average Bonchev–Trinajstić information content (AvgIpc) is 3.34. The van der Waals surface area contributed by atoms with Gasteiger partial charge in [0.15, 0.2) is 6.10 Å². The summed E-state index contributed by atoms with van der Waals surface area (Å²) >= 11 is 0. The summed E-state index contributed by atoms with van der Waals surface area (Å²) in [6.07, 6.45) is -8.28. The Morgan fingerprint density at radius 1 is 0.967 bits per heavy atom. The van der Waals surface area contributed by atoms with Crippen molar-refractivity contribution in [3.63, 3.8) is 0 Å². The van der Waals surface area contributed by atoms with Crippen molar-refractivity contribution < 1.29 is 48.7 Å². The van der Waals surface area contributed by atoms with E-state index < -0.39 is 94.3 Å². The molecule has 12 atom stereocenters. The van der Waals surface area contributed by atoms with Gasteiger partial charge in [-0.2, -0.15) is 0 Å². The summed E-state index contributed by atoms with van der Waals surface area (Å²) in [5, 5.41) is 34.0. The van der Waals surface area contributed by atoms with Crippen molar-refractivity contribution in [2.24, 2.45) is 34.0 Å². The Labute approximate surface area is 171 Å². The number of esters is 3. The molecule has 30 heavy (non-hydrogen) atoms. The van der Waals surface area contributed by atoms with E-state index in [-0.39, 0.29) is 0 Å². The fourth-order valence-electron chi connectivity index (χ4n) is 8.34. The van der Waals surface area contributed by atoms with E-state index in [1.807, 2.05) is 20.8 Å². The normalized spacial score (nSPS) is 60.1. The summed E-state index contributed by atoms with van der Waals surface area (Å²) in [7, 11) is 0. The zero-order chi connectivity index (χ0) is 21.8. The molecule has 0 aromatic carbocycles.